The summed E-state index contributed by atoms with van der Waals surface area (Å²) in [4.78, 5) is 54.6. The Hall–Kier alpha value is -2.42. The van der Waals surface area contributed by atoms with Crippen molar-refractivity contribution in [2.45, 2.75) is 51.2 Å². The average Bonchev–Trinajstić information content (AvgIpc) is 3.29. The normalized spacial score (nSPS) is 22.3. The first-order chi connectivity index (χ1) is 12.9. The fourth-order valence-electron chi connectivity index (χ4n) is 3.77. The van der Waals surface area contributed by atoms with Crippen molar-refractivity contribution in [1.29, 1.82) is 0 Å². The van der Waals surface area contributed by atoms with Gasteiger partial charge in [0.1, 0.15) is 6.04 Å². The maximum Gasteiger partial charge on any atom is 0.327 e. The van der Waals surface area contributed by atoms with E-state index in [0.29, 0.717) is 32.5 Å². The van der Waals surface area contributed by atoms with E-state index in [1.54, 1.807) is 16.2 Å². The van der Waals surface area contributed by atoms with Gasteiger partial charge in [-0.05, 0) is 24.3 Å². The Morgan fingerprint density at radius 2 is 2.07 bits per heavy atom. The highest BCUT2D eigenvalue weighted by atomic mass is 32.1. The first-order valence-corrected chi connectivity index (χ1v) is 9.97. The molecule has 2 fully saturated rings. The Kier molecular flexibility index (Phi) is 5.79. The number of thiophene rings is 1. The lowest BCUT2D eigenvalue weighted by Gasteiger charge is -2.43. The van der Waals surface area contributed by atoms with Crippen molar-refractivity contribution in [3.8, 4) is 0 Å². The SMILES string of the molecule is CCCN1C(=O)[C@@H]2[C@@H](CCN2C(=O)CCC(=O)O)N(Cc2cccs2)C1=O. The molecule has 2 aliphatic heterocycles. The lowest BCUT2D eigenvalue weighted by molar-refractivity contribution is -0.147. The number of hydrogen-bond acceptors (Lipinski definition) is 5. The molecule has 146 valence electrons. The molecule has 8 nitrogen and oxygen atoms in total. The van der Waals surface area contributed by atoms with Crippen molar-refractivity contribution in [2.75, 3.05) is 13.1 Å². The van der Waals surface area contributed by atoms with Gasteiger partial charge < -0.3 is 14.9 Å². The summed E-state index contributed by atoms with van der Waals surface area (Å²) in [5.74, 6) is -1.74. The van der Waals surface area contributed by atoms with E-state index >= 15 is 0 Å². The van der Waals surface area contributed by atoms with Crippen molar-refractivity contribution in [3.05, 3.63) is 22.4 Å². The minimum absolute atomic E-state index is 0.140. The average molecular weight is 393 g/mol. The molecule has 1 N–H and O–H groups in total. The Labute approximate surface area is 161 Å². The molecule has 2 saturated heterocycles. The Morgan fingerprint density at radius 3 is 2.70 bits per heavy atom. The van der Waals surface area contributed by atoms with Gasteiger partial charge in [-0.1, -0.05) is 13.0 Å². The maximum absolute atomic E-state index is 13.0. The van der Waals surface area contributed by atoms with Crippen molar-refractivity contribution in [1.82, 2.24) is 14.7 Å². The fourth-order valence-corrected chi connectivity index (χ4v) is 4.48. The van der Waals surface area contributed by atoms with E-state index in [2.05, 4.69) is 0 Å². The summed E-state index contributed by atoms with van der Waals surface area (Å²) in [5, 5.41) is 10.8. The molecule has 0 bridgehead atoms. The lowest BCUT2D eigenvalue weighted by atomic mass is 10.0. The van der Waals surface area contributed by atoms with Crippen molar-refractivity contribution in [2.24, 2.45) is 0 Å². The van der Waals surface area contributed by atoms with E-state index < -0.39 is 12.0 Å². The van der Waals surface area contributed by atoms with Crippen LogP contribution in [0, 0.1) is 0 Å². The first-order valence-electron chi connectivity index (χ1n) is 9.09. The predicted octanol–water partition coefficient (Wildman–Crippen LogP) is 1.76. The molecule has 1 aromatic rings. The molecule has 9 heteroatoms. The number of rotatable bonds is 7. The molecule has 3 rings (SSSR count). The molecule has 2 atom stereocenters. The molecule has 0 saturated carbocycles. The minimum Gasteiger partial charge on any atom is -0.481 e. The number of nitrogens with zero attached hydrogens (tertiary/aromatic N) is 3. The van der Waals surface area contributed by atoms with Crippen molar-refractivity contribution < 1.29 is 24.3 Å². The minimum atomic E-state index is -1.05. The van der Waals surface area contributed by atoms with Crippen LogP contribution in [0.3, 0.4) is 0 Å². The van der Waals surface area contributed by atoms with Gasteiger partial charge in [0.25, 0.3) is 5.91 Å². The predicted molar refractivity (Wildman–Crippen MR) is 98.0 cm³/mol. The zero-order valence-corrected chi connectivity index (χ0v) is 16.0. The number of carboxylic acids is 1. The number of amides is 4. The van der Waals surface area contributed by atoms with Crippen LogP contribution in [0.4, 0.5) is 4.79 Å². The van der Waals surface area contributed by atoms with Crippen molar-refractivity contribution in [3.63, 3.8) is 0 Å². The smallest absolute Gasteiger partial charge is 0.327 e. The molecule has 27 heavy (non-hydrogen) atoms. The molecule has 2 aliphatic rings. The van der Waals surface area contributed by atoms with Gasteiger partial charge in [0.15, 0.2) is 0 Å². The van der Waals surface area contributed by atoms with Gasteiger partial charge in [-0.2, -0.15) is 0 Å². The van der Waals surface area contributed by atoms with E-state index in [-0.39, 0.29) is 36.7 Å². The molecular weight excluding hydrogens is 370 g/mol. The van der Waals surface area contributed by atoms with E-state index in [1.165, 1.54) is 9.80 Å². The summed E-state index contributed by atoms with van der Waals surface area (Å²) in [6.07, 6.45) is 0.747. The van der Waals surface area contributed by atoms with Crippen LogP contribution in [0.1, 0.15) is 37.5 Å². The lowest BCUT2D eigenvalue weighted by Crippen LogP contribution is -2.65. The van der Waals surface area contributed by atoms with Crippen LogP contribution in [0.5, 0.6) is 0 Å². The van der Waals surface area contributed by atoms with Crippen LogP contribution in [0.2, 0.25) is 0 Å². The molecule has 0 radical (unpaired) electrons. The number of carboxylic acid groups (broad SMARTS) is 1. The Morgan fingerprint density at radius 1 is 1.30 bits per heavy atom. The Balaban J connectivity index is 1.85. The first kappa shape index (κ1) is 19.3. The van der Waals surface area contributed by atoms with Crippen LogP contribution >= 0.6 is 11.3 Å². The second-order valence-electron chi connectivity index (χ2n) is 6.76. The maximum atomic E-state index is 13.0. The third kappa shape index (κ3) is 3.83. The molecule has 0 aliphatic carbocycles. The van der Waals surface area contributed by atoms with Crippen molar-refractivity contribution >= 4 is 35.2 Å². The van der Waals surface area contributed by atoms with Gasteiger partial charge in [-0.25, -0.2) is 4.79 Å². The number of fused-ring (bicyclic) bond motifs is 1. The van der Waals surface area contributed by atoms with Crippen LogP contribution in [0.15, 0.2) is 17.5 Å². The van der Waals surface area contributed by atoms with Gasteiger partial charge in [-0.15, -0.1) is 11.3 Å². The van der Waals surface area contributed by atoms with Crippen LogP contribution in [0.25, 0.3) is 0 Å². The van der Waals surface area contributed by atoms with E-state index in [0.717, 1.165) is 4.88 Å². The number of carbonyl (C=O) groups is 4. The zero-order valence-electron chi connectivity index (χ0n) is 15.2. The molecule has 0 aromatic carbocycles. The van der Waals surface area contributed by atoms with E-state index in [9.17, 15) is 19.2 Å². The summed E-state index contributed by atoms with van der Waals surface area (Å²) >= 11 is 1.54. The van der Waals surface area contributed by atoms with E-state index in [4.69, 9.17) is 5.11 Å². The quantitative estimate of drug-likeness (QED) is 0.761. The summed E-state index contributed by atoms with van der Waals surface area (Å²) in [6, 6.07) is 2.45. The number of urea groups is 1. The topological polar surface area (TPSA) is 98.2 Å². The van der Waals surface area contributed by atoms with Gasteiger partial charge in [0.2, 0.25) is 5.91 Å². The number of likely N-dealkylation sites (tertiary alicyclic amines) is 1. The molecular formula is C18H23N3O5S. The molecule has 1 aromatic heterocycles. The second-order valence-corrected chi connectivity index (χ2v) is 7.79. The summed E-state index contributed by atoms with van der Waals surface area (Å²) in [6.45, 7) is 2.95. The van der Waals surface area contributed by atoms with Gasteiger partial charge in [0.05, 0.1) is 19.0 Å². The van der Waals surface area contributed by atoms with Gasteiger partial charge in [0, 0.05) is 24.4 Å². The summed E-state index contributed by atoms with van der Waals surface area (Å²) in [5.41, 5.74) is 0. The number of hydrogen-bond donors (Lipinski definition) is 1. The Bertz CT molecular complexity index is 735. The summed E-state index contributed by atoms with van der Waals surface area (Å²) in [7, 11) is 0. The third-order valence-corrected chi connectivity index (χ3v) is 5.85. The molecule has 0 spiro atoms. The highest BCUT2D eigenvalue weighted by molar-refractivity contribution is 7.09. The van der Waals surface area contributed by atoms with Crippen LogP contribution < -0.4 is 0 Å². The number of carbonyl (C=O) groups excluding carboxylic acids is 3. The highest BCUT2D eigenvalue weighted by Gasteiger charge is 2.52. The highest BCUT2D eigenvalue weighted by Crippen LogP contribution is 2.32. The fraction of sp³-hybridized carbons (Fsp3) is 0.556. The van der Waals surface area contributed by atoms with E-state index in [1.807, 2.05) is 24.4 Å². The second kappa shape index (κ2) is 8.08. The summed E-state index contributed by atoms with van der Waals surface area (Å²) < 4.78 is 0. The monoisotopic (exact) mass is 393 g/mol. The zero-order chi connectivity index (χ0) is 19.6. The van der Waals surface area contributed by atoms with Gasteiger partial charge in [-0.3, -0.25) is 19.3 Å². The standard InChI is InChI=1S/C18H23N3O5S/c1-2-8-20-17(25)16-13(7-9-19(16)14(22)5-6-15(23)24)21(18(20)26)11-12-4-3-10-27-12/h3-4,10,13,16H,2,5-9,11H2,1H3,(H,23,24)/t13-,16+/m1/s1. The molecule has 3 heterocycles. The number of imide groups is 1. The van der Waals surface area contributed by atoms with Crippen LogP contribution in [-0.2, 0) is 20.9 Å². The molecule has 0 unspecified atom stereocenters. The van der Waals surface area contributed by atoms with Crippen LogP contribution in [-0.4, -0.2) is 68.8 Å². The largest absolute Gasteiger partial charge is 0.481 e. The number of aliphatic carboxylic acids is 1. The third-order valence-electron chi connectivity index (χ3n) is 4.99. The van der Waals surface area contributed by atoms with Gasteiger partial charge >= 0.3 is 12.0 Å². The molecule has 4 amide bonds.